The highest BCUT2D eigenvalue weighted by Crippen LogP contribution is 2.39. The Morgan fingerprint density at radius 2 is 1.64 bits per heavy atom. The molecule has 0 unspecified atom stereocenters. The number of rotatable bonds is 4. The zero-order chi connectivity index (χ0) is 20.7. The third-order valence-corrected chi connectivity index (χ3v) is 9.98. The molecule has 0 saturated carbocycles. The van der Waals surface area contributed by atoms with Gasteiger partial charge in [-0.2, -0.15) is 0 Å². The molecule has 0 N–H and O–H groups in total. The van der Waals surface area contributed by atoms with E-state index in [1.54, 1.807) is 24.3 Å². The molecule has 2 aromatic carbocycles. The summed E-state index contributed by atoms with van der Waals surface area (Å²) in [7, 11) is -2.15. The minimum atomic E-state index is -2.15. The summed E-state index contributed by atoms with van der Waals surface area (Å²) in [4.78, 5) is 12.5. The van der Waals surface area contributed by atoms with Gasteiger partial charge in [-0.15, -0.1) is 0 Å². The Kier molecular flexibility index (Phi) is 5.29. The van der Waals surface area contributed by atoms with Gasteiger partial charge in [-0.1, -0.05) is 51.1 Å². The van der Waals surface area contributed by atoms with E-state index in [0.717, 1.165) is 6.07 Å². The Bertz CT molecular complexity index is 1080. The molecule has 0 fully saturated rings. The molecule has 0 bridgehead atoms. The first-order chi connectivity index (χ1) is 13.0. The van der Waals surface area contributed by atoms with Gasteiger partial charge in [-0.05, 0) is 30.3 Å². The van der Waals surface area contributed by atoms with Gasteiger partial charge in [-0.3, -0.25) is 0 Å². The van der Waals surface area contributed by atoms with Crippen LogP contribution < -0.4 is 5.63 Å². The Morgan fingerprint density at radius 1 is 1.00 bits per heavy atom. The van der Waals surface area contributed by atoms with Crippen molar-refractivity contribution in [1.82, 2.24) is 0 Å². The van der Waals surface area contributed by atoms with E-state index in [1.807, 2.05) is 0 Å². The van der Waals surface area contributed by atoms with E-state index in [4.69, 9.17) is 8.84 Å². The summed E-state index contributed by atoms with van der Waals surface area (Å²) >= 11 is 0. The summed E-state index contributed by atoms with van der Waals surface area (Å²) in [6.45, 7) is 10.5. The number of hydrogen-bond acceptors (Lipinski definition) is 3. The lowest BCUT2D eigenvalue weighted by molar-refractivity contribution is 0.241. The van der Waals surface area contributed by atoms with Crippen LogP contribution in [0.5, 0.6) is 0 Å². The fraction of sp³-hybridized carbons (Fsp3) is 0.318. The fourth-order valence-corrected chi connectivity index (χ4v) is 3.73. The smallest absolute Gasteiger partial charge is 0.343 e. The normalized spacial score (nSPS) is 12.5. The first kappa shape index (κ1) is 20.4. The van der Waals surface area contributed by atoms with Crippen LogP contribution in [0.25, 0.3) is 21.9 Å². The minimum absolute atomic E-state index is 0.0157. The van der Waals surface area contributed by atoms with Gasteiger partial charge < -0.3 is 8.84 Å². The van der Waals surface area contributed by atoms with Crippen molar-refractivity contribution >= 4 is 19.1 Å². The number of fused-ring (bicyclic) bond motifs is 1. The molecule has 3 rings (SSSR count). The molecule has 0 atom stereocenters. The highest BCUT2D eigenvalue weighted by molar-refractivity contribution is 6.74. The van der Waals surface area contributed by atoms with E-state index < -0.39 is 25.6 Å². The number of benzene rings is 2. The lowest BCUT2D eigenvalue weighted by Crippen LogP contribution is -2.40. The van der Waals surface area contributed by atoms with Crippen LogP contribution in [0, 0.1) is 11.6 Å². The fourth-order valence-electron chi connectivity index (χ4n) is 2.80. The molecule has 28 heavy (non-hydrogen) atoms. The van der Waals surface area contributed by atoms with Crippen molar-refractivity contribution in [2.45, 2.75) is 45.5 Å². The van der Waals surface area contributed by atoms with Crippen LogP contribution in [0.2, 0.25) is 18.1 Å². The van der Waals surface area contributed by atoms with E-state index in [0.29, 0.717) is 16.3 Å². The van der Waals surface area contributed by atoms with Gasteiger partial charge in [0.1, 0.15) is 5.76 Å². The van der Waals surface area contributed by atoms with Crippen molar-refractivity contribution in [2.24, 2.45) is 0 Å². The molecule has 0 amide bonds. The van der Waals surface area contributed by atoms with E-state index in [2.05, 4.69) is 33.9 Å². The van der Waals surface area contributed by atoms with E-state index in [9.17, 15) is 13.6 Å². The number of hydrogen-bond donors (Lipinski definition) is 0. The average Bonchev–Trinajstić information content (AvgIpc) is 2.62. The maximum Gasteiger partial charge on any atom is 0.343 e. The summed E-state index contributed by atoms with van der Waals surface area (Å²) in [6, 6.07) is 10.8. The molecule has 6 heteroatoms. The van der Waals surface area contributed by atoms with Crippen molar-refractivity contribution in [2.75, 3.05) is 0 Å². The van der Waals surface area contributed by atoms with Crippen molar-refractivity contribution in [3.8, 4) is 11.1 Å². The van der Waals surface area contributed by atoms with Crippen LogP contribution in [-0.2, 0) is 11.0 Å². The molecule has 3 aromatic rings. The summed E-state index contributed by atoms with van der Waals surface area (Å²) in [5, 5.41) is 0.781. The van der Waals surface area contributed by atoms with Crippen LogP contribution in [0.3, 0.4) is 0 Å². The minimum Gasteiger partial charge on any atom is -0.424 e. The standard InChI is InChI=1S/C22H24F2O3Si/c1-22(2,3)28(4,5)26-13-18-19(16-11-8-12-17(23)20(16)24)14-9-6-7-10-15(14)21(25)27-18/h6-12H,13H2,1-5H3. The molecule has 0 aliphatic carbocycles. The van der Waals surface area contributed by atoms with Gasteiger partial charge in [0.25, 0.3) is 0 Å². The topological polar surface area (TPSA) is 39.4 Å². The monoisotopic (exact) mass is 402 g/mol. The molecule has 0 aliphatic rings. The molecule has 0 aliphatic heterocycles. The van der Waals surface area contributed by atoms with Crippen molar-refractivity contribution in [3.63, 3.8) is 0 Å². The Morgan fingerprint density at radius 3 is 2.29 bits per heavy atom. The highest BCUT2D eigenvalue weighted by atomic mass is 28.4. The summed E-state index contributed by atoms with van der Waals surface area (Å²) in [5.74, 6) is -1.72. The predicted molar refractivity (Wildman–Crippen MR) is 110 cm³/mol. The molecule has 3 nitrogen and oxygen atoms in total. The van der Waals surface area contributed by atoms with Gasteiger partial charge in [0.2, 0.25) is 0 Å². The molecule has 0 spiro atoms. The third-order valence-electron chi connectivity index (χ3n) is 5.50. The van der Waals surface area contributed by atoms with Crippen LogP contribution in [0.15, 0.2) is 51.7 Å². The Hall–Kier alpha value is -2.31. The number of halogens is 2. The SMILES string of the molecule is CC(C)(C)[Si](C)(C)OCc1oc(=O)c2ccccc2c1-c1cccc(F)c1F. The second-order valence-corrected chi connectivity index (χ2v) is 13.2. The van der Waals surface area contributed by atoms with E-state index >= 15 is 0 Å². The summed E-state index contributed by atoms with van der Waals surface area (Å²) in [5.41, 5.74) is -0.121. The first-order valence-corrected chi connectivity index (χ1v) is 12.1. The highest BCUT2D eigenvalue weighted by Gasteiger charge is 2.37. The van der Waals surface area contributed by atoms with Gasteiger partial charge in [0.05, 0.1) is 12.0 Å². The molecule has 1 aromatic heterocycles. The lowest BCUT2D eigenvalue weighted by Gasteiger charge is -2.36. The zero-order valence-electron chi connectivity index (χ0n) is 16.7. The predicted octanol–water partition coefficient (Wildman–Crippen LogP) is 6.26. The molecule has 0 saturated heterocycles. The van der Waals surface area contributed by atoms with Gasteiger partial charge in [-0.25, -0.2) is 13.6 Å². The molecular formula is C22H24F2O3Si. The van der Waals surface area contributed by atoms with E-state index in [1.165, 1.54) is 12.1 Å². The quantitative estimate of drug-likeness (QED) is 0.484. The Labute approximate surface area is 164 Å². The Balaban J connectivity index is 2.23. The van der Waals surface area contributed by atoms with Gasteiger partial charge >= 0.3 is 5.63 Å². The second kappa shape index (κ2) is 7.26. The first-order valence-electron chi connectivity index (χ1n) is 9.16. The average molecular weight is 403 g/mol. The molecular weight excluding hydrogens is 378 g/mol. The summed E-state index contributed by atoms with van der Waals surface area (Å²) in [6.07, 6.45) is 0. The van der Waals surface area contributed by atoms with Gasteiger partial charge in [0.15, 0.2) is 20.0 Å². The van der Waals surface area contributed by atoms with Crippen molar-refractivity contribution in [3.05, 3.63) is 70.3 Å². The van der Waals surface area contributed by atoms with Crippen molar-refractivity contribution in [1.29, 1.82) is 0 Å². The third kappa shape index (κ3) is 3.66. The zero-order valence-corrected chi connectivity index (χ0v) is 17.7. The molecule has 0 radical (unpaired) electrons. The second-order valence-electron chi connectivity index (χ2n) is 8.38. The van der Waals surface area contributed by atoms with Gasteiger partial charge in [0, 0.05) is 16.5 Å². The molecule has 1 heterocycles. The van der Waals surface area contributed by atoms with Crippen LogP contribution in [0.4, 0.5) is 8.78 Å². The van der Waals surface area contributed by atoms with Crippen LogP contribution in [-0.4, -0.2) is 8.32 Å². The van der Waals surface area contributed by atoms with E-state index in [-0.39, 0.29) is 23.0 Å². The largest absolute Gasteiger partial charge is 0.424 e. The lowest BCUT2D eigenvalue weighted by atomic mass is 9.98. The van der Waals surface area contributed by atoms with Crippen molar-refractivity contribution < 1.29 is 17.6 Å². The molecule has 148 valence electrons. The maximum atomic E-state index is 14.6. The van der Waals surface area contributed by atoms with Crippen LogP contribution in [0.1, 0.15) is 26.5 Å². The maximum absolute atomic E-state index is 14.6. The summed E-state index contributed by atoms with van der Waals surface area (Å²) < 4.78 is 40.3. The van der Waals surface area contributed by atoms with Crippen LogP contribution >= 0.6 is 0 Å².